The molecule has 6 heteroatoms. The monoisotopic (exact) mass is 427 g/mol. The molecule has 2 aromatic carbocycles. The molecule has 0 radical (unpaired) electrons. The van der Waals surface area contributed by atoms with Crippen LogP contribution in [0, 0.1) is 5.92 Å². The van der Waals surface area contributed by atoms with E-state index in [-0.39, 0.29) is 24.1 Å². The number of ether oxygens (including phenoxy) is 1. The molecule has 0 spiro atoms. The molecular weight excluding hydrogens is 398 g/mol. The molecule has 5 nitrogen and oxygen atoms in total. The van der Waals surface area contributed by atoms with Gasteiger partial charge in [-0.3, -0.25) is 4.79 Å². The predicted molar refractivity (Wildman–Crippen MR) is 118 cm³/mol. The molecule has 0 heterocycles. The summed E-state index contributed by atoms with van der Waals surface area (Å²) in [6, 6.07) is 12.9. The third-order valence-electron chi connectivity index (χ3n) is 6.34. The van der Waals surface area contributed by atoms with Crippen LogP contribution in [0.2, 0.25) is 0 Å². The molecule has 2 aliphatic rings. The van der Waals surface area contributed by atoms with E-state index in [4.69, 9.17) is 4.74 Å². The lowest BCUT2D eigenvalue weighted by Gasteiger charge is -2.30. The fraction of sp³-hybridized carbons (Fsp3) is 0.458. The Hall–Kier alpha value is -2.34. The maximum Gasteiger partial charge on any atom is 0.228 e. The van der Waals surface area contributed by atoms with E-state index in [0.717, 1.165) is 49.1 Å². The average Bonchev–Trinajstić information content (AvgIpc) is 3.50. The molecule has 2 aromatic rings. The van der Waals surface area contributed by atoms with Crippen LogP contribution in [0.1, 0.15) is 43.7 Å². The van der Waals surface area contributed by atoms with Crippen LogP contribution in [0.5, 0.6) is 5.75 Å². The minimum absolute atomic E-state index is 0.0253. The number of nitrogens with zero attached hydrogens (tertiary/aromatic N) is 1. The van der Waals surface area contributed by atoms with Gasteiger partial charge in [0, 0.05) is 18.2 Å². The maximum absolute atomic E-state index is 13.2. The summed E-state index contributed by atoms with van der Waals surface area (Å²) in [6.45, 7) is 2.05. The van der Waals surface area contributed by atoms with Crippen molar-refractivity contribution in [2.75, 3.05) is 17.8 Å². The summed E-state index contributed by atoms with van der Waals surface area (Å²) in [5.41, 5.74) is 3.16. The Balaban J connectivity index is 1.50. The van der Waals surface area contributed by atoms with Gasteiger partial charge in [0.15, 0.2) is 9.84 Å². The van der Waals surface area contributed by atoms with Crippen LogP contribution < -0.4 is 9.64 Å². The fourth-order valence-electron chi connectivity index (χ4n) is 4.34. The molecule has 1 fully saturated rings. The Labute approximate surface area is 179 Å². The Morgan fingerprint density at radius 2 is 1.80 bits per heavy atom. The van der Waals surface area contributed by atoms with Crippen LogP contribution in [-0.4, -0.2) is 33.2 Å². The van der Waals surface area contributed by atoms with Crippen LogP contribution in [0.15, 0.2) is 47.4 Å². The summed E-state index contributed by atoms with van der Waals surface area (Å²) >= 11 is 0. The molecule has 4 rings (SSSR count). The first-order valence-corrected chi connectivity index (χ1v) is 12.3. The van der Waals surface area contributed by atoms with E-state index < -0.39 is 9.84 Å². The summed E-state index contributed by atoms with van der Waals surface area (Å²) in [5.74, 6) is 0.882. The van der Waals surface area contributed by atoms with E-state index in [1.807, 2.05) is 30.3 Å². The van der Waals surface area contributed by atoms with E-state index in [0.29, 0.717) is 10.8 Å². The first kappa shape index (κ1) is 20.9. The third kappa shape index (κ3) is 4.38. The fourth-order valence-corrected chi connectivity index (χ4v) is 5.62. The highest BCUT2D eigenvalue weighted by molar-refractivity contribution is 7.91. The maximum atomic E-state index is 13.2. The second-order valence-corrected chi connectivity index (χ2v) is 10.5. The molecule has 0 aromatic heterocycles. The number of fused-ring (bicyclic) bond motifs is 1. The number of anilines is 1. The van der Waals surface area contributed by atoms with Gasteiger partial charge in [0.1, 0.15) is 5.75 Å². The van der Waals surface area contributed by atoms with Crippen LogP contribution >= 0.6 is 0 Å². The van der Waals surface area contributed by atoms with E-state index >= 15 is 0 Å². The molecule has 1 atom stereocenters. The van der Waals surface area contributed by atoms with Crippen molar-refractivity contribution in [1.29, 1.82) is 0 Å². The molecule has 0 aliphatic heterocycles. The molecular formula is C24H29NO4S. The van der Waals surface area contributed by atoms with Gasteiger partial charge in [0.2, 0.25) is 5.91 Å². The van der Waals surface area contributed by atoms with Crippen molar-refractivity contribution in [3.05, 3.63) is 53.6 Å². The highest BCUT2D eigenvalue weighted by Crippen LogP contribution is 2.37. The molecule has 0 N–H and O–H groups in total. The van der Waals surface area contributed by atoms with E-state index in [9.17, 15) is 13.2 Å². The molecule has 160 valence electrons. The Bertz CT molecular complexity index is 1030. The second kappa shape index (κ2) is 8.42. The number of aryl methyl sites for hydroxylation is 2. The summed E-state index contributed by atoms with van der Waals surface area (Å²) in [6.07, 6.45) is 5.21. The SMILES string of the molecule is COc1ccc(N(C(=O)CCS(=O)(=O)c2ccc3c(c2)CCC3)C(C)C2CC2)cc1. The summed E-state index contributed by atoms with van der Waals surface area (Å²) < 4.78 is 31.0. The van der Waals surface area contributed by atoms with Gasteiger partial charge in [-0.2, -0.15) is 0 Å². The topological polar surface area (TPSA) is 63.7 Å². The second-order valence-electron chi connectivity index (χ2n) is 8.39. The van der Waals surface area contributed by atoms with E-state index in [1.165, 1.54) is 5.56 Å². The van der Waals surface area contributed by atoms with Gasteiger partial charge >= 0.3 is 0 Å². The van der Waals surface area contributed by atoms with Crippen molar-refractivity contribution in [2.45, 2.75) is 56.4 Å². The van der Waals surface area contributed by atoms with Crippen molar-refractivity contribution >= 4 is 21.4 Å². The zero-order valence-electron chi connectivity index (χ0n) is 17.6. The van der Waals surface area contributed by atoms with Gasteiger partial charge in [-0.15, -0.1) is 0 Å². The molecule has 1 amide bonds. The number of hydrogen-bond donors (Lipinski definition) is 0. The highest BCUT2D eigenvalue weighted by Gasteiger charge is 2.35. The number of carbonyl (C=O) groups excluding carboxylic acids is 1. The number of sulfone groups is 1. The van der Waals surface area contributed by atoms with Crippen molar-refractivity contribution < 1.29 is 17.9 Å². The molecule has 0 bridgehead atoms. The molecule has 2 aliphatic carbocycles. The van der Waals surface area contributed by atoms with Crippen molar-refractivity contribution in [2.24, 2.45) is 5.92 Å². The van der Waals surface area contributed by atoms with Crippen LogP contribution in [0.4, 0.5) is 5.69 Å². The van der Waals surface area contributed by atoms with Gasteiger partial charge in [-0.25, -0.2) is 8.42 Å². The van der Waals surface area contributed by atoms with Gasteiger partial charge in [-0.1, -0.05) is 6.07 Å². The average molecular weight is 428 g/mol. The quantitative estimate of drug-likeness (QED) is 0.634. The van der Waals surface area contributed by atoms with Crippen LogP contribution in [-0.2, 0) is 27.5 Å². The smallest absolute Gasteiger partial charge is 0.228 e. The highest BCUT2D eigenvalue weighted by atomic mass is 32.2. The zero-order valence-corrected chi connectivity index (χ0v) is 18.5. The lowest BCUT2D eigenvalue weighted by molar-refractivity contribution is -0.118. The molecule has 1 unspecified atom stereocenters. The van der Waals surface area contributed by atoms with Crippen LogP contribution in [0.3, 0.4) is 0 Å². The molecule has 30 heavy (non-hydrogen) atoms. The van der Waals surface area contributed by atoms with Crippen molar-refractivity contribution in [3.8, 4) is 5.75 Å². The standard InChI is InChI=1S/C24H29NO4S/c1-17(18-6-7-18)25(21-9-11-22(29-2)12-10-21)24(26)14-15-30(27,28)23-13-8-19-4-3-5-20(19)16-23/h8-13,16-18H,3-7,14-15H2,1-2H3. The number of benzene rings is 2. The van der Waals surface area contributed by atoms with Gasteiger partial charge < -0.3 is 9.64 Å². The predicted octanol–water partition coefficient (Wildman–Crippen LogP) is 4.18. The lowest BCUT2D eigenvalue weighted by atomic mass is 10.1. The van der Waals surface area contributed by atoms with Crippen molar-refractivity contribution in [3.63, 3.8) is 0 Å². The van der Waals surface area contributed by atoms with Gasteiger partial charge in [0.05, 0.1) is 17.8 Å². The minimum Gasteiger partial charge on any atom is -0.497 e. The van der Waals surface area contributed by atoms with Crippen molar-refractivity contribution in [1.82, 2.24) is 0 Å². The molecule has 0 saturated heterocycles. The normalized spacial score (nSPS) is 16.7. The minimum atomic E-state index is -3.50. The number of rotatable bonds is 8. The van der Waals surface area contributed by atoms with E-state index in [2.05, 4.69) is 6.92 Å². The van der Waals surface area contributed by atoms with Gasteiger partial charge in [0.25, 0.3) is 0 Å². The Morgan fingerprint density at radius 3 is 2.47 bits per heavy atom. The zero-order chi connectivity index (χ0) is 21.3. The van der Waals surface area contributed by atoms with Gasteiger partial charge in [-0.05, 0) is 92.5 Å². The van der Waals surface area contributed by atoms with E-state index in [1.54, 1.807) is 24.1 Å². The van der Waals surface area contributed by atoms with Crippen LogP contribution in [0.25, 0.3) is 0 Å². The third-order valence-corrected chi connectivity index (χ3v) is 8.06. The largest absolute Gasteiger partial charge is 0.497 e. The number of hydrogen-bond acceptors (Lipinski definition) is 4. The lowest BCUT2D eigenvalue weighted by Crippen LogP contribution is -2.40. The number of methoxy groups -OCH3 is 1. The Kier molecular flexibility index (Phi) is 5.87. The first-order chi connectivity index (χ1) is 14.4. The molecule has 1 saturated carbocycles. The first-order valence-electron chi connectivity index (χ1n) is 10.7. The summed E-state index contributed by atoms with van der Waals surface area (Å²) in [4.78, 5) is 15.3. The Morgan fingerprint density at radius 1 is 1.10 bits per heavy atom. The number of carbonyl (C=O) groups is 1. The number of amides is 1. The summed E-state index contributed by atoms with van der Waals surface area (Å²) in [7, 11) is -1.90. The summed E-state index contributed by atoms with van der Waals surface area (Å²) in [5, 5.41) is 0.